The second-order valence-corrected chi connectivity index (χ2v) is 9.75. The van der Waals surface area contributed by atoms with E-state index in [1.807, 2.05) is 16.8 Å². The third-order valence-electron chi connectivity index (χ3n) is 6.61. The van der Waals surface area contributed by atoms with Gasteiger partial charge in [-0.1, -0.05) is 0 Å². The second-order valence-electron chi connectivity index (χ2n) is 8.97. The summed E-state index contributed by atoms with van der Waals surface area (Å²) in [6, 6.07) is 1.89. The number of nitrogens with zero attached hydrogens (tertiary/aromatic N) is 4. The van der Waals surface area contributed by atoms with E-state index in [4.69, 9.17) is 4.74 Å². The zero-order valence-corrected chi connectivity index (χ0v) is 17.2. The molecule has 4 aliphatic carbocycles. The highest BCUT2D eigenvalue weighted by Gasteiger charge is 2.51. The molecule has 8 nitrogen and oxygen atoms in total. The van der Waals surface area contributed by atoms with E-state index >= 15 is 0 Å². The van der Waals surface area contributed by atoms with Crippen molar-refractivity contribution in [3.63, 3.8) is 0 Å². The van der Waals surface area contributed by atoms with Crippen molar-refractivity contribution in [1.82, 2.24) is 25.5 Å². The SMILES string of the molecule is C[C@H](OC(=O)Cn1nnc(-c2ccsc2)n1)C(=O)NC12CC3CC(CC(C3)C1)C2. The molecule has 1 amide bonds. The highest BCUT2D eigenvalue weighted by molar-refractivity contribution is 7.08. The minimum Gasteiger partial charge on any atom is -0.451 e. The Balaban J connectivity index is 1.16. The minimum absolute atomic E-state index is 0.0879. The number of ether oxygens (including phenoxy) is 1. The summed E-state index contributed by atoms with van der Waals surface area (Å²) >= 11 is 1.54. The van der Waals surface area contributed by atoms with Crippen molar-refractivity contribution in [2.24, 2.45) is 17.8 Å². The Morgan fingerprint density at radius 2 is 1.97 bits per heavy atom. The van der Waals surface area contributed by atoms with Crippen LogP contribution in [0, 0.1) is 17.8 Å². The zero-order chi connectivity index (χ0) is 20.0. The van der Waals surface area contributed by atoms with Crippen LogP contribution in [0.25, 0.3) is 11.4 Å². The fraction of sp³-hybridized carbons (Fsp3) is 0.650. The van der Waals surface area contributed by atoms with E-state index in [0.717, 1.165) is 42.6 Å². The van der Waals surface area contributed by atoms with Crippen LogP contribution in [0.15, 0.2) is 16.8 Å². The van der Waals surface area contributed by atoms with Gasteiger partial charge in [0, 0.05) is 16.5 Å². The Labute approximate surface area is 173 Å². The molecule has 2 aromatic heterocycles. The minimum atomic E-state index is -0.838. The summed E-state index contributed by atoms with van der Waals surface area (Å²) in [4.78, 5) is 26.2. The lowest BCUT2D eigenvalue weighted by Crippen LogP contribution is -2.61. The Kier molecular flexibility index (Phi) is 4.64. The molecule has 0 aromatic carbocycles. The average molecular weight is 416 g/mol. The van der Waals surface area contributed by atoms with Crippen molar-refractivity contribution in [3.8, 4) is 11.4 Å². The molecule has 0 saturated heterocycles. The third-order valence-corrected chi connectivity index (χ3v) is 7.29. The number of esters is 1. The van der Waals surface area contributed by atoms with Crippen LogP contribution in [0.3, 0.4) is 0 Å². The molecule has 1 atom stereocenters. The number of nitrogens with one attached hydrogen (secondary N) is 1. The zero-order valence-electron chi connectivity index (χ0n) is 16.4. The number of thiophene rings is 1. The molecule has 4 bridgehead atoms. The monoisotopic (exact) mass is 415 g/mol. The molecule has 9 heteroatoms. The first kappa shape index (κ1) is 18.7. The number of carbonyl (C=O) groups is 2. The average Bonchev–Trinajstić information content (AvgIpc) is 3.31. The summed E-state index contributed by atoms with van der Waals surface area (Å²) in [7, 11) is 0. The van der Waals surface area contributed by atoms with Crippen LogP contribution in [0.2, 0.25) is 0 Å². The summed E-state index contributed by atoms with van der Waals surface area (Å²) in [6.45, 7) is 1.45. The van der Waals surface area contributed by atoms with Gasteiger partial charge in [-0.05, 0) is 79.9 Å². The van der Waals surface area contributed by atoms with Gasteiger partial charge in [-0.2, -0.15) is 16.1 Å². The molecule has 0 radical (unpaired) electrons. The summed E-state index contributed by atoms with van der Waals surface area (Å²) in [5.41, 5.74) is 0.771. The highest BCUT2D eigenvalue weighted by Crippen LogP contribution is 2.55. The number of hydrogen-bond donors (Lipinski definition) is 1. The molecule has 6 rings (SSSR count). The molecule has 2 heterocycles. The Bertz CT molecular complexity index is 874. The van der Waals surface area contributed by atoms with E-state index in [2.05, 4.69) is 20.7 Å². The van der Waals surface area contributed by atoms with Crippen LogP contribution >= 0.6 is 11.3 Å². The molecule has 154 valence electrons. The first-order valence-electron chi connectivity index (χ1n) is 10.3. The first-order valence-corrected chi connectivity index (χ1v) is 11.2. The van der Waals surface area contributed by atoms with Crippen molar-refractivity contribution < 1.29 is 14.3 Å². The van der Waals surface area contributed by atoms with Crippen LogP contribution < -0.4 is 5.32 Å². The van der Waals surface area contributed by atoms with E-state index < -0.39 is 12.1 Å². The third kappa shape index (κ3) is 3.80. The van der Waals surface area contributed by atoms with Crippen molar-refractivity contribution in [2.45, 2.75) is 63.6 Å². The summed E-state index contributed by atoms with van der Waals surface area (Å²) in [5.74, 6) is 1.95. The van der Waals surface area contributed by atoms with Crippen LogP contribution in [0.1, 0.15) is 45.4 Å². The Morgan fingerprint density at radius 1 is 1.28 bits per heavy atom. The lowest BCUT2D eigenvalue weighted by Gasteiger charge is -2.57. The molecule has 29 heavy (non-hydrogen) atoms. The van der Waals surface area contributed by atoms with Crippen molar-refractivity contribution in [2.75, 3.05) is 0 Å². The maximum absolute atomic E-state index is 12.7. The summed E-state index contributed by atoms with van der Waals surface area (Å²) in [6.07, 6.45) is 6.32. The largest absolute Gasteiger partial charge is 0.451 e. The molecule has 4 fully saturated rings. The van der Waals surface area contributed by atoms with Crippen LogP contribution in [-0.4, -0.2) is 43.7 Å². The number of hydrogen-bond acceptors (Lipinski definition) is 7. The molecule has 4 aliphatic rings. The summed E-state index contributed by atoms with van der Waals surface area (Å²) in [5, 5.41) is 19.1. The number of tetrazole rings is 1. The maximum Gasteiger partial charge on any atom is 0.330 e. The van der Waals surface area contributed by atoms with E-state index in [-0.39, 0.29) is 18.0 Å². The van der Waals surface area contributed by atoms with Gasteiger partial charge in [-0.3, -0.25) is 4.79 Å². The lowest BCUT2D eigenvalue weighted by molar-refractivity contribution is -0.157. The molecule has 4 saturated carbocycles. The first-order chi connectivity index (χ1) is 14.0. The molecule has 1 N–H and O–H groups in total. The predicted molar refractivity (Wildman–Crippen MR) is 106 cm³/mol. The van der Waals surface area contributed by atoms with Gasteiger partial charge in [0.2, 0.25) is 5.82 Å². The van der Waals surface area contributed by atoms with Gasteiger partial charge in [-0.15, -0.1) is 10.2 Å². The van der Waals surface area contributed by atoms with Gasteiger partial charge in [0.15, 0.2) is 12.6 Å². The van der Waals surface area contributed by atoms with E-state index in [9.17, 15) is 9.59 Å². The van der Waals surface area contributed by atoms with Gasteiger partial charge < -0.3 is 10.1 Å². The maximum atomic E-state index is 12.7. The molecule has 0 aliphatic heterocycles. The Morgan fingerprint density at radius 3 is 2.59 bits per heavy atom. The molecular weight excluding hydrogens is 390 g/mol. The predicted octanol–water partition coefficient (Wildman–Crippen LogP) is 2.42. The lowest BCUT2D eigenvalue weighted by atomic mass is 9.53. The van der Waals surface area contributed by atoms with Crippen molar-refractivity contribution in [1.29, 1.82) is 0 Å². The van der Waals surface area contributed by atoms with Crippen LogP contribution in [-0.2, 0) is 20.9 Å². The number of carbonyl (C=O) groups excluding carboxylic acids is 2. The quantitative estimate of drug-likeness (QED) is 0.728. The fourth-order valence-corrected chi connectivity index (χ4v) is 6.48. The normalized spacial score (nSPS) is 30.9. The van der Waals surface area contributed by atoms with Crippen LogP contribution in [0.4, 0.5) is 0 Å². The van der Waals surface area contributed by atoms with Gasteiger partial charge in [0.05, 0.1) is 0 Å². The fourth-order valence-electron chi connectivity index (χ4n) is 5.85. The number of rotatable bonds is 6. The van der Waals surface area contributed by atoms with Crippen LogP contribution in [0.5, 0.6) is 0 Å². The Hall–Kier alpha value is -2.29. The van der Waals surface area contributed by atoms with Gasteiger partial charge >= 0.3 is 5.97 Å². The topological polar surface area (TPSA) is 99.0 Å². The number of amides is 1. The smallest absolute Gasteiger partial charge is 0.330 e. The van der Waals surface area contributed by atoms with Gasteiger partial charge in [-0.25, -0.2) is 4.79 Å². The van der Waals surface area contributed by atoms with Gasteiger partial charge in [0.25, 0.3) is 5.91 Å². The number of aromatic nitrogens is 4. The summed E-state index contributed by atoms with van der Waals surface area (Å²) < 4.78 is 5.35. The molecule has 0 spiro atoms. The standard InChI is InChI=1S/C20H25N5O3S/c1-12(19(27)21-20-7-13-4-14(8-20)6-15(5-13)9-20)28-17(26)10-25-23-18(22-24-25)16-2-3-29-11-16/h2-3,11-15H,4-10H2,1H3,(H,21,27)/t12-,13?,14?,15?,20?/m0/s1. The molecular formula is C20H25N5O3S. The molecule has 2 aromatic rings. The highest BCUT2D eigenvalue weighted by atomic mass is 32.1. The van der Waals surface area contributed by atoms with E-state index in [1.54, 1.807) is 6.92 Å². The van der Waals surface area contributed by atoms with Gasteiger partial charge in [0.1, 0.15) is 0 Å². The van der Waals surface area contributed by atoms with Crippen molar-refractivity contribution >= 4 is 23.2 Å². The van der Waals surface area contributed by atoms with E-state index in [1.165, 1.54) is 35.4 Å². The van der Waals surface area contributed by atoms with E-state index in [0.29, 0.717) is 5.82 Å². The molecule has 0 unspecified atom stereocenters. The van der Waals surface area contributed by atoms with Crippen molar-refractivity contribution in [3.05, 3.63) is 16.8 Å². The second kappa shape index (κ2) is 7.19.